The standard InChI is InChI=1S/C27H25N3O2S/c1-3-22-23(4-2)29-26(30-25(22)28-21-14-12-20(13-15-21)27(31)32)24-16-19(17-33-24)11-10-18-8-6-5-7-9-18/h5-17H,3-4H2,1-2H3,(H,31,32)(H,28,29,30)/b11-10+. The van der Waals surface area contributed by atoms with Crippen molar-refractivity contribution in [3.63, 3.8) is 0 Å². The zero-order valence-electron chi connectivity index (χ0n) is 18.6. The third-order valence-corrected chi connectivity index (χ3v) is 6.23. The topological polar surface area (TPSA) is 75.1 Å². The number of hydrogen-bond donors (Lipinski definition) is 2. The van der Waals surface area contributed by atoms with Gasteiger partial charge in [0.1, 0.15) is 5.82 Å². The van der Waals surface area contributed by atoms with Crippen LogP contribution in [0.3, 0.4) is 0 Å². The fraction of sp³-hybridized carbons (Fsp3) is 0.148. The van der Waals surface area contributed by atoms with E-state index < -0.39 is 5.97 Å². The number of aromatic carboxylic acids is 1. The van der Waals surface area contributed by atoms with E-state index in [1.807, 2.05) is 18.2 Å². The number of carboxylic acid groups (broad SMARTS) is 1. The van der Waals surface area contributed by atoms with Crippen LogP contribution in [0.15, 0.2) is 66.0 Å². The minimum atomic E-state index is -0.941. The second kappa shape index (κ2) is 10.2. The number of anilines is 2. The van der Waals surface area contributed by atoms with Gasteiger partial charge in [0.15, 0.2) is 5.82 Å². The van der Waals surface area contributed by atoms with Crippen molar-refractivity contribution in [3.05, 3.63) is 94.0 Å². The van der Waals surface area contributed by atoms with Crippen LogP contribution in [0, 0.1) is 0 Å². The number of carboxylic acids is 1. The molecule has 5 nitrogen and oxygen atoms in total. The Labute approximate surface area is 197 Å². The van der Waals surface area contributed by atoms with Crippen molar-refractivity contribution in [2.75, 3.05) is 5.32 Å². The monoisotopic (exact) mass is 455 g/mol. The Morgan fingerprint density at radius 3 is 2.36 bits per heavy atom. The summed E-state index contributed by atoms with van der Waals surface area (Å²) in [5.41, 5.74) is 5.40. The Morgan fingerprint density at radius 2 is 1.70 bits per heavy atom. The molecule has 0 aliphatic rings. The molecule has 0 unspecified atom stereocenters. The fourth-order valence-electron chi connectivity index (χ4n) is 3.55. The summed E-state index contributed by atoms with van der Waals surface area (Å²) in [5, 5.41) is 14.6. The Bertz CT molecular complexity index is 1280. The lowest BCUT2D eigenvalue weighted by molar-refractivity contribution is 0.0697. The number of aryl methyl sites for hydroxylation is 1. The van der Waals surface area contributed by atoms with E-state index in [1.165, 1.54) is 0 Å². The van der Waals surface area contributed by atoms with E-state index >= 15 is 0 Å². The molecule has 0 bridgehead atoms. The summed E-state index contributed by atoms with van der Waals surface area (Å²) >= 11 is 1.62. The molecule has 0 aliphatic carbocycles. The number of hydrogen-bond acceptors (Lipinski definition) is 5. The van der Waals surface area contributed by atoms with Crippen molar-refractivity contribution in [1.82, 2.24) is 9.97 Å². The molecule has 0 atom stereocenters. The number of nitrogens with one attached hydrogen (secondary N) is 1. The van der Waals surface area contributed by atoms with Crippen LogP contribution >= 0.6 is 11.3 Å². The van der Waals surface area contributed by atoms with Crippen LogP contribution in [0.2, 0.25) is 0 Å². The number of aromatic nitrogens is 2. The minimum Gasteiger partial charge on any atom is -0.478 e. The molecule has 0 amide bonds. The number of nitrogens with zero attached hydrogens (tertiary/aromatic N) is 2. The average molecular weight is 456 g/mol. The van der Waals surface area contributed by atoms with Gasteiger partial charge < -0.3 is 10.4 Å². The van der Waals surface area contributed by atoms with Crippen molar-refractivity contribution >= 4 is 41.0 Å². The molecule has 6 heteroatoms. The van der Waals surface area contributed by atoms with Crippen molar-refractivity contribution in [2.24, 2.45) is 0 Å². The normalized spacial score (nSPS) is 11.1. The lowest BCUT2D eigenvalue weighted by Gasteiger charge is -2.15. The Kier molecular flexibility index (Phi) is 6.95. The second-order valence-electron chi connectivity index (χ2n) is 7.52. The van der Waals surface area contributed by atoms with Crippen LogP contribution in [-0.2, 0) is 12.8 Å². The molecular weight excluding hydrogens is 430 g/mol. The molecule has 0 radical (unpaired) electrons. The molecule has 2 aromatic heterocycles. The minimum absolute atomic E-state index is 0.253. The quantitative estimate of drug-likeness (QED) is 0.301. The predicted molar refractivity (Wildman–Crippen MR) is 136 cm³/mol. The molecule has 4 aromatic rings. The van der Waals surface area contributed by atoms with Crippen molar-refractivity contribution in [2.45, 2.75) is 26.7 Å². The van der Waals surface area contributed by atoms with Gasteiger partial charge in [-0.05, 0) is 59.7 Å². The second-order valence-corrected chi connectivity index (χ2v) is 8.44. The maximum atomic E-state index is 11.1. The molecular formula is C27H25N3O2S. The summed E-state index contributed by atoms with van der Waals surface area (Å²) in [5.74, 6) is 0.512. The van der Waals surface area contributed by atoms with Gasteiger partial charge in [-0.15, -0.1) is 11.3 Å². The van der Waals surface area contributed by atoms with Gasteiger partial charge in [0.2, 0.25) is 0 Å². The maximum Gasteiger partial charge on any atom is 0.335 e. The summed E-state index contributed by atoms with van der Waals surface area (Å²) in [6, 6.07) is 19.0. The highest BCUT2D eigenvalue weighted by atomic mass is 32.1. The third kappa shape index (κ3) is 5.35. The van der Waals surface area contributed by atoms with E-state index in [0.29, 0.717) is 5.82 Å². The molecule has 0 saturated carbocycles. The van der Waals surface area contributed by atoms with Crippen LogP contribution in [-0.4, -0.2) is 21.0 Å². The van der Waals surface area contributed by atoms with Crippen molar-refractivity contribution in [3.8, 4) is 10.7 Å². The molecule has 0 fully saturated rings. The van der Waals surface area contributed by atoms with Crippen LogP contribution in [0.4, 0.5) is 11.5 Å². The summed E-state index contributed by atoms with van der Waals surface area (Å²) in [6.45, 7) is 4.19. The van der Waals surface area contributed by atoms with E-state index in [9.17, 15) is 4.79 Å². The van der Waals surface area contributed by atoms with Crippen LogP contribution in [0.5, 0.6) is 0 Å². The molecule has 2 N–H and O–H groups in total. The Balaban J connectivity index is 1.64. The molecule has 0 spiro atoms. The first-order valence-corrected chi connectivity index (χ1v) is 11.8. The predicted octanol–water partition coefficient (Wildman–Crippen LogP) is 6.94. The summed E-state index contributed by atoms with van der Waals surface area (Å²) < 4.78 is 0. The zero-order valence-corrected chi connectivity index (χ0v) is 19.4. The first-order valence-electron chi connectivity index (χ1n) is 10.9. The first kappa shape index (κ1) is 22.4. The summed E-state index contributed by atoms with van der Waals surface area (Å²) in [4.78, 5) is 21.9. The van der Waals surface area contributed by atoms with Crippen molar-refractivity contribution < 1.29 is 9.90 Å². The van der Waals surface area contributed by atoms with Gasteiger partial charge in [0.25, 0.3) is 0 Å². The molecule has 166 valence electrons. The van der Waals surface area contributed by atoms with Gasteiger partial charge in [-0.25, -0.2) is 14.8 Å². The molecule has 0 saturated heterocycles. The van der Waals surface area contributed by atoms with E-state index in [2.05, 4.69) is 54.9 Å². The van der Waals surface area contributed by atoms with Gasteiger partial charge >= 0.3 is 5.97 Å². The summed E-state index contributed by atoms with van der Waals surface area (Å²) in [7, 11) is 0. The lowest BCUT2D eigenvalue weighted by Crippen LogP contribution is -2.07. The molecule has 4 rings (SSSR count). The molecule has 2 aromatic carbocycles. The van der Waals surface area contributed by atoms with E-state index in [-0.39, 0.29) is 5.56 Å². The highest BCUT2D eigenvalue weighted by Gasteiger charge is 2.15. The SMILES string of the molecule is CCc1nc(-c2cc(/C=C/c3ccccc3)cs2)nc(Nc2ccc(C(=O)O)cc2)c1CC. The van der Waals surface area contributed by atoms with Gasteiger partial charge in [-0.1, -0.05) is 56.3 Å². The third-order valence-electron chi connectivity index (χ3n) is 5.28. The average Bonchev–Trinajstić information content (AvgIpc) is 3.32. The summed E-state index contributed by atoms with van der Waals surface area (Å²) in [6.07, 6.45) is 5.80. The Morgan fingerprint density at radius 1 is 0.970 bits per heavy atom. The van der Waals surface area contributed by atoms with Crippen LogP contribution < -0.4 is 5.32 Å². The molecule has 33 heavy (non-hydrogen) atoms. The number of carbonyl (C=O) groups is 1. The van der Waals surface area contributed by atoms with E-state index in [0.717, 1.165) is 51.6 Å². The Hall–Kier alpha value is -3.77. The zero-order chi connectivity index (χ0) is 23.2. The first-order chi connectivity index (χ1) is 16.1. The fourth-order valence-corrected chi connectivity index (χ4v) is 4.36. The molecule has 2 heterocycles. The molecule has 0 aliphatic heterocycles. The van der Waals surface area contributed by atoms with E-state index in [4.69, 9.17) is 15.1 Å². The van der Waals surface area contributed by atoms with E-state index in [1.54, 1.807) is 35.6 Å². The van der Waals surface area contributed by atoms with Gasteiger partial charge in [-0.2, -0.15) is 0 Å². The van der Waals surface area contributed by atoms with Gasteiger partial charge in [0, 0.05) is 16.9 Å². The highest BCUT2D eigenvalue weighted by molar-refractivity contribution is 7.13. The van der Waals surface area contributed by atoms with Crippen molar-refractivity contribution in [1.29, 1.82) is 0 Å². The number of thiophene rings is 1. The van der Waals surface area contributed by atoms with Gasteiger partial charge in [-0.3, -0.25) is 0 Å². The highest BCUT2D eigenvalue weighted by Crippen LogP contribution is 2.30. The lowest BCUT2D eigenvalue weighted by atomic mass is 10.1. The maximum absolute atomic E-state index is 11.1. The van der Waals surface area contributed by atoms with Gasteiger partial charge in [0.05, 0.1) is 10.4 Å². The largest absolute Gasteiger partial charge is 0.478 e. The van der Waals surface area contributed by atoms with Crippen LogP contribution in [0.1, 0.15) is 46.6 Å². The number of rotatable bonds is 8. The van der Waals surface area contributed by atoms with Crippen LogP contribution in [0.25, 0.3) is 22.9 Å². The number of benzene rings is 2. The smallest absolute Gasteiger partial charge is 0.335 e.